The number of nitrogens with zero attached hydrogens (tertiary/aromatic N) is 7. The summed E-state index contributed by atoms with van der Waals surface area (Å²) < 4.78 is 97.0. The maximum absolute atomic E-state index is 13.5. The number of nitrogens with one attached hydrogen (secondary N) is 2. The van der Waals surface area contributed by atoms with Crippen LogP contribution in [-0.4, -0.2) is 245 Å². The highest BCUT2D eigenvalue weighted by Crippen LogP contribution is 2.36. The first-order valence-corrected chi connectivity index (χ1v) is 37.9. The molecule has 5 aromatic carbocycles. The van der Waals surface area contributed by atoms with Crippen LogP contribution in [0.15, 0.2) is 115 Å². The smallest absolute Gasteiger partial charge is 0.320 e. The van der Waals surface area contributed by atoms with E-state index in [4.69, 9.17) is 39.7 Å². The van der Waals surface area contributed by atoms with Gasteiger partial charge in [-0.2, -0.15) is 0 Å². The van der Waals surface area contributed by atoms with Gasteiger partial charge in [0.1, 0.15) is 35.8 Å². The fraction of sp³-hybridized carbons (Fsp3) is 0.566. The van der Waals surface area contributed by atoms with Crippen LogP contribution in [0.4, 0.5) is 0 Å². The van der Waals surface area contributed by atoms with Crippen LogP contribution in [0.25, 0.3) is 0 Å². The van der Waals surface area contributed by atoms with Gasteiger partial charge in [-0.3, -0.25) is 48.4 Å². The Kier molecular flexibility index (Phi) is 33.4. The molecule has 5 aromatic rings. The number of likely N-dealkylation sites (N-methyl/N-ethyl adjacent to an activating group) is 3. The van der Waals surface area contributed by atoms with E-state index in [1.54, 1.807) is 27.0 Å². The van der Waals surface area contributed by atoms with E-state index in [0.717, 1.165) is 71.1 Å². The van der Waals surface area contributed by atoms with Crippen molar-refractivity contribution < 1.29 is 79.8 Å². The summed E-state index contributed by atoms with van der Waals surface area (Å²) in [6.07, 6.45) is 1.87. The van der Waals surface area contributed by atoms with Gasteiger partial charge in [-0.1, -0.05) is 183 Å². The van der Waals surface area contributed by atoms with Gasteiger partial charge >= 0.3 is 17.9 Å². The number of aromatic hydroxyl groups is 1. The first-order chi connectivity index (χ1) is 56.3. The molecule has 0 spiro atoms. The minimum Gasteiger partial charge on any atom is -0.508 e. The van der Waals surface area contributed by atoms with E-state index in [1.807, 2.05) is 119 Å². The molecule has 8 rings (SSSR count). The molecule has 3 saturated heterocycles. The van der Waals surface area contributed by atoms with Crippen molar-refractivity contribution in [1.29, 1.82) is 0 Å². The fourth-order valence-electron chi connectivity index (χ4n) is 12.3. The second kappa shape index (κ2) is 44.6. The number of hydrogen-bond donors (Lipinski definition) is 3. The number of esters is 3. The van der Waals surface area contributed by atoms with E-state index >= 15 is 0 Å². The number of amides is 3. The van der Waals surface area contributed by atoms with Gasteiger partial charge in [0.2, 0.25) is 17.7 Å². The van der Waals surface area contributed by atoms with Crippen molar-refractivity contribution in [3.05, 3.63) is 160 Å². The molecule has 0 radical (unpaired) electrons. The van der Waals surface area contributed by atoms with Crippen molar-refractivity contribution in [1.82, 2.24) is 44.9 Å². The van der Waals surface area contributed by atoms with Gasteiger partial charge < -0.3 is 54.1 Å². The molecule has 0 aliphatic carbocycles. The number of rotatable bonds is 26. The molecule has 598 valence electrons. The topological polar surface area (TPSA) is 216 Å². The van der Waals surface area contributed by atoms with Gasteiger partial charge in [-0.05, 0) is 154 Å². The number of carbonyl (C=O) groups excluding carboxylic acids is 6. The third-order valence-electron chi connectivity index (χ3n) is 18.3. The lowest BCUT2D eigenvalue weighted by atomic mass is 9.84. The molecule has 3 atom stereocenters. The average Bonchev–Trinajstić information content (AvgIpc) is 0.817. The van der Waals surface area contributed by atoms with Crippen LogP contribution in [0.5, 0.6) is 17.2 Å². The van der Waals surface area contributed by atoms with E-state index in [2.05, 4.69) is 153 Å². The second-order valence-electron chi connectivity index (χ2n) is 30.1. The summed E-state index contributed by atoms with van der Waals surface area (Å²) in [6.45, 7) is 36.0. The predicted octanol–water partition coefficient (Wildman–Crippen LogP) is 12.3. The Bertz CT molecular complexity index is 3510. The molecule has 0 bridgehead atoms. The largest absolute Gasteiger partial charge is 0.508 e. The molecule has 3 N–H and O–H groups in total. The van der Waals surface area contributed by atoms with E-state index < -0.39 is 0 Å². The quantitative estimate of drug-likeness (QED) is 0.0266. The van der Waals surface area contributed by atoms with Crippen LogP contribution >= 0.6 is 15.9 Å². The van der Waals surface area contributed by atoms with E-state index in [0.29, 0.717) is 110 Å². The van der Waals surface area contributed by atoms with E-state index in [-0.39, 0.29) is 97.7 Å². The van der Waals surface area contributed by atoms with Crippen molar-refractivity contribution in [3.63, 3.8) is 0 Å². The molecule has 3 amide bonds. The van der Waals surface area contributed by atoms with Crippen molar-refractivity contribution in [2.45, 2.75) is 157 Å². The van der Waals surface area contributed by atoms with Crippen LogP contribution in [-0.2, 0) is 91.7 Å². The summed E-state index contributed by atoms with van der Waals surface area (Å²) in [5, 5.41) is 16.9. The third kappa shape index (κ3) is 30.4. The monoisotopic (exact) mass is 1570 g/mol. The van der Waals surface area contributed by atoms with Crippen molar-refractivity contribution in [3.8, 4) is 17.2 Å². The SMILES string of the molecule is C.CCOC(=O)CBr.CCOC(=O)CN1CCN(C(=O)[C@H](Cc2ccc(O)c(C(C)(C)C)c2)NC)CC1.CCOC(=O)CN1CCN(C(=O)[C@H](Cc2ccc(OCc3ccccc3)c(C(C)(C)C)c2)N(C)C)CC1.CN(C)[C@@H](Cc1ccc(OCc2ccccc2)c(C(C)(C)C)c1)C(=O)N1CCNCC1.[3HH].[3H][3H].[3H][3H].[3H][3H].[3H][3H].[3H][3H].[3H][3H].[3H][3H]. The molecule has 3 aliphatic heterocycles. The Labute approximate surface area is 660 Å². The van der Waals surface area contributed by atoms with Crippen molar-refractivity contribution in [2.24, 2.45) is 0 Å². The molecule has 0 saturated carbocycles. The number of hydrogen-bond acceptors (Lipinski definition) is 18. The first kappa shape index (κ1) is 78.6. The standard InChI is InChI=1S/C30H43N3O4.C26H37N3O2.C22H35N3O4.C4H7BrO2.CH4.8H2/c1-7-36-28(34)21-32-15-17-33(18-16-32)29(35)26(31(5)6)20-24-13-14-27(25(19-24)30(2,3)4)37-22-23-11-9-8-10-12-23;1-26(2,3)22-17-21(11-12-24(22)31-19-20-9-7-6-8-10-20)18-23(28(4)5)25(30)29-15-13-27-14-16-29;1-6-29-20(27)15-24-9-11-25(12-10-24)21(28)18(23-5)14-16-7-8-19(26)17(13-16)22(2,3)4;1-2-7-4(6)3-5;;;;;;;;;/h8-14,19,26H,7,15-18,20-22H2,1-6H3;6-12,17,23,27H,13-16,18-19H2,1-5H3;7-8,13,18,23,26H,6,9-12,14-15H2,1-5H3;2-3H2,1H3;1H4;8*1H/t26-;23-;18-;;;;;;;;;;/m000........../s1/i;;;;;7*1+2T;1+2. The second-order valence-corrected chi connectivity index (χ2v) is 30.6. The van der Waals surface area contributed by atoms with Gasteiger partial charge in [0.25, 0.3) is 0 Å². The maximum Gasteiger partial charge on any atom is 0.320 e. The number of carbonyl (C=O) groups is 6. The lowest BCUT2D eigenvalue weighted by molar-refractivity contribution is -0.146. The van der Waals surface area contributed by atoms with Crippen LogP contribution in [0, 0.1) is 0 Å². The van der Waals surface area contributed by atoms with E-state index in [9.17, 15) is 33.9 Å². The van der Waals surface area contributed by atoms with Gasteiger partial charge in [0.15, 0.2) is 0 Å². The number of alkyl halides is 1. The van der Waals surface area contributed by atoms with Crippen LogP contribution in [0.2, 0.25) is 0 Å². The predicted molar refractivity (Wildman–Crippen MR) is 440 cm³/mol. The Balaban J connectivity index is -0.000000492. The summed E-state index contributed by atoms with van der Waals surface area (Å²) in [4.78, 5) is 87.2. The zero-order chi connectivity index (χ0) is 90.7. The summed E-state index contributed by atoms with van der Waals surface area (Å²) in [5.74, 6) is 1.85. The highest BCUT2D eigenvalue weighted by atomic mass is 79.9. The minimum absolute atomic E-state index is 0. The van der Waals surface area contributed by atoms with Crippen LogP contribution < -0.4 is 20.1 Å². The molecule has 3 aliphatic rings. The maximum atomic E-state index is 13.5. The fourth-order valence-corrected chi connectivity index (χ4v) is 12.5. The van der Waals surface area contributed by atoms with Gasteiger partial charge in [0, 0.05) is 101 Å². The zero-order valence-electron chi connectivity index (χ0n) is 79.4. The Morgan fingerprint density at radius 2 is 0.848 bits per heavy atom. The van der Waals surface area contributed by atoms with Gasteiger partial charge in [-0.15, -0.1) is 0 Å². The van der Waals surface area contributed by atoms with Crippen molar-refractivity contribution >= 4 is 51.6 Å². The molecule has 22 heteroatoms. The number of halogens is 1. The normalized spacial score (nSPS) is 15.8. The Morgan fingerprint density at radius 1 is 0.495 bits per heavy atom. The number of phenols is 1. The lowest BCUT2D eigenvalue weighted by Crippen LogP contribution is -2.55. The van der Waals surface area contributed by atoms with Gasteiger partial charge in [-0.25, -0.2) is 0 Å². The summed E-state index contributed by atoms with van der Waals surface area (Å²) >= 11 is 2.94. The number of piperazine rings is 3. The third-order valence-corrected chi connectivity index (χ3v) is 18.8. The average molecular weight is 1570 g/mol. The number of phenolic OH excluding ortho intramolecular Hbond substituents is 1. The highest BCUT2D eigenvalue weighted by Gasteiger charge is 2.33. The van der Waals surface area contributed by atoms with Crippen molar-refractivity contribution in [2.75, 3.05) is 152 Å². The summed E-state index contributed by atoms with van der Waals surface area (Å²) in [6, 6.07) is 37.9. The summed E-state index contributed by atoms with van der Waals surface area (Å²) in [7, 11) is 9.70. The first-order valence-electron chi connectivity index (χ1n) is 43.8. The van der Waals surface area contributed by atoms with E-state index in [1.165, 1.54) is 11.1 Å². The van der Waals surface area contributed by atoms with Gasteiger partial charge in [0.05, 0.1) is 51.0 Å². The molecule has 0 aromatic heterocycles. The minimum atomic E-state index is -0.330. The zero-order valence-corrected chi connectivity index (χ0v) is 67.0. The van der Waals surface area contributed by atoms with Crippen LogP contribution in [0.3, 0.4) is 0 Å². The van der Waals surface area contributed by atoms with Crippen LogP contribution in [0.1, 0.15) is 157 Å². The number of benzene rings is 5. The highest BCUT2D eigenvalue weighted by molar-refractivity contribution is 9.09. The molecular formula is C83H142BrN9O12. The molecule has 3 heterocycles. The Hall–Kier alpha value is -7.44. The molecule has 21 nitrogen and oxygen atoms in total. The lowest BCUT2D eigenvalue weighted by Gasteiger charge is -2.37. The number of ether oxygens (including phenoxy) is 5. The molecule has 3 fully saturated rings. The molecular weight excluding hydrogens is 1390 g/mol. The molecule has 105 heavy (non-hydrogen) atoms. The molecule has 0 unspecified atom stereocenters. The Morgan fingerprint density at radius 3 is 1.20 bits per heavy atom. The summed E-state index contributed by atoms with van der Waals surface area (Å²) in [5.41, 5.74) is 8.44.